The van der Waals surface area contributed by atoms with Gasteiger partial charge in [-0.2, -0.15) is 0 Å². The quantitative estimate of drug-likeness (QED) is 0.379. The van der Waals surface area contributed by atoms with E-state index in [1.54, 1.807) is 0 Å². The first-order valence-corrected chi connectivity index (χ1v) is 7.83. The summed E-state index contributed by atoms with van der Waals surface area (Å²) in [5.74, 6) is 0.699. The summed E-state index contributed by atoms with van der Waals surface area (Å²) in [6.07, 6.45) is 9.94. The lowest BCUT2D eigenvalue weighted by Gasteiger charge is -2.20. The summed E-state index contributed by atoms with van der Waals surface area (Å²) in [4.78, 5) is 11.6. The number of carbonyl (C=O) groups excluding carboxylic acids is 1. The van der Waals surface area contributed by atoms with Gasteiger partial charge in [-0.3, -0.25) is 4.79 Å². The molecule has 0 aromatic rings. The lowest BCUT2D eigenvalue weighted by atomic mass is 9.93. The maximum absolute atomic E-state index is 11.6. The Morgan fingerprint density at radius 1 is 1.06 bits per heavy atom. The molecule has 2 atom stereocenters. The van der Waals surface area contributed by atoms with Gasteiger partial charge in [0.25, 0.3) is 0 Å². The topological polar surface area (TPSA) is 26.3 Å². The third kappa shape index (κ3) is 9.49. The van der Waals surface area contributed by atoms with Crippen molar-refractivity contribution in [2.45, 2.75) is 91.6 Å². The van der Waals surface area contributed by atoms with Gasteiger partial charge in [-0.25, -0.2) is 0 Å². The van der Waals surface area contributed by atoms with Gasteiger partial charge in [-0.15, -0.1) is 0 Å². The molecule has 0 saturated heterocycles. The molecule has 108 valence electrons. The van der Waals surface area contributed by atoms with Crippen LogP contribution in [0.1, 0.15) is 85.5 Å². The molecule has 2 heteroatoms. The molecule has 0 rings (SSSR count). The van der Waals surface area contributed by atoms with Crippen molar-refractivity contribution in [3.05, 3.63) is 0 Å². The molecule has 0 amide bonds. The van der Waals surface area contributed by atoms with Crippen molar-refractivity contribution < 1.29 is 9.53 Å². The zero-order valence-electron chi connectivity index (χ0n) is 12.8. The second-order valence-electron chi connectivity index (χ2n) is 5.41. The molecular formula is C16H32O2. The zero-order chi connectivity index (χ0) is 13.8. The van der Waals surface area contributed by atoms with Crippen LogP contribution in [0.2, 0.25) is 0 Å². The van der Waals surface area contributed by atoms with E-state index in [1.165, 1.54) is 25.7 Å². The van der Waals surface area contributed by atoms with Gasteiger partial charge in [0.05, 0.1) is 6.10 Å². The molecule has 0 aromatic heterocycles. The molecular weight excluding hydrogens is 224 g/mol. The average molecular weight is 256 g/mol. The van der Waals surface area contributed by atoms with Crippen LogP contribution >= 0.6 is 0 Å². The van der Waals surface area contributed by atoms with Crippen molar-refractivity contribution in [1.29, 1.82) is 0 Å². The molecule has 0 aliphatic heterocycles. The van der Waals surface area contributed by atoms with Crippen LogP contribution in [-0.4, -0.2) is 12.1 Å². The maximum Gasteiger partial charge on any atom is 0.306 e. The fourth-order valence-electron chi connectivity index (χ4n) is 2.30. The van der Waals surface area contributed by atoms with Gasteiger partial charge in [0.15, 0.2) is 0 Å². The minimum Gasteiger partial charge on any atom is -0.463 e. The van der Waals surface area contributed by atoms with Gasteiger partial charge in [0, 0.05) is 6.42 Å². The summed E-state index contributed by atoms with van der Waals surface area (Å²) in [5.41, 5.74) is 0. The second-order valence-corrected chi connectivity index (χ2v) is 5.41. The summed E-state index contributed by atoms with van der Waals surface area (Å²) in [6.45, 7) is 8.64. The number of ether oxygens (including phenoxy) is 1. The molecule has 0 fully saturated rings. The van der Waals surface area contributed by atoms with Crippen LogP contribution in [0.3, 0.4) is 0 Å². The summed E-state index contributed by atoms with van der Waals surface area (Å²) < 4.78 is 5.47. The highest BCUT2D eigenvalue weighted by molar-refractivity contribution is 5.69. The number of unbranched alkanes of at least 4 members (excludes halogenated alkanes) is 3. The predicted octanol–water partition coefficient (Wildman–Crippen LogP) is 5.10. The molecule has 0 aliphatic rings. The van der Waals surface area contributed by atoms with Gasteiger partial charge in [0.2, 0.25) is 0 Å². The number of hydrogen-bond acceptors (Lipinski definition) is 2. The first kappa shape index (κ1) is 17.5. The SMILES string of the molecule is CCCCCC(=O)OC(C)CC(CC)CCCC. The van der Waals surface area contributed by atoms with Gasteiger partial charge in [0.1, 0.15) is 0 Å². The molecule has 0 heterocycles. The minimum absolute atomic E-state index is 0.0127. The van der Waals surface area contributed by atoms with Crippen molar-refractivity contribution in [2.24, 2.45) is 5.92 Å². The van der Waals surface area contributed by atoms with Gasteiger partial charge >= 0.3 is 5.97 Å². The molecule has 0 aromatic carbocycles. The summed E-state index contributed by atoms with van der Waals surface area (Å²) in [5, 5.41) is 0. The standard InChI is InChI=1S/C16H32O2/c1-5-8-10-12-16(17)18-14(4)13-15(7-3)11-9-6-2/h14-15H,5-13H2,1-4H3. The second kappa shape index (κ2) is 11.6. The molecule has 0 spiro atoms. The highest BCUT2D eigenvalue weighted by Crippen LogP contribution is 2.20. The molecule has 0 aliphatic carbocycles. The first-order valence-electron chi connectivity index (χ1n) is 7.83. The van der Waals surface area contributed by atoms with E-state index < -0.39 is 0 Å². The summed E-state index contributed by atoms with van der Waals surface area (Å²) in [7, 11) is 0. The smallest absolute Gasteiger partial charge is 0.306 e. The molecule has 0 bridgehead atoms. The predicted molar refractivity (Wildman–Crippen MR) is 77.6 cm³/mol. The van der Waals surface area contributed by atoms with Crippen molar-refractivity contribution in [3.63, 3.8) is 0 Å². The number of esters is 1. The lowest BCUT2D eigenvalue weighted by molar-refractivity contribution is -0.149. The molecule has 0 saturated carbocycles. The van der Waals surface area contributed by atoms with E-state index in [9.17, 15) is 4.79 Å². The molecule has 18 heavy (non-hydrogen) atoms. The Kier molecular flexibility index (Phi) is 11.2. The Bertz CT molecular complexity index is 201. The third-order valence-electron chi connectivity index (χ3n) is 3.53. The van der Waals surface area contributed by atoms with Crippen LogP contribution in [0.5, 0.6) is 0 Å². The Balaban J connectivity index is 3.78. The van der Waals surface area contributed by atoms with E-state index >= 15 is 0 Å². The normalized spacial score (nSPS) is 14.2. The van der Waals surface area contributed by atoms with Crippen LogP contribution in [-0.2, 0) is 9.53 Å². The maximum atomic E-state index is 11.6. The summed E-state index contributed by atoms with van der Waals surface area (Å²) >= 11 is 0. The highest BCUT2D eigenvalue weighted by atomic mass is 16.5. The summed E-state index contributed by atoms with van der Waals surface area (Å²) in [6, 6.07) is 0. The number of hydrogen-bond donors (Lipinski definition) is 0. The van der Waals surface area contributed by atoms with Crippen molar-refractivity contribution in [2.75, 3.05) is 0 Å². The van der Waals surface area contributed by atoms with E-state index in [2.05, 4.69) is 20.8 Å². The van der Waals surface area contributed by atoms with Gasteiger partial charge in [-0.05, 0) is 25.7 Å². The van der Waals surface area contributed by atoms with Crippen LogP contribution < -0.4 is 0 Å². The average Bonchev–Trinajstić information content (AvgIpc) is 2.34. The van der Waals surface area contributed by atoms with Gasteiger partial charge < -0.3 is 4.74 Å². The van der Waals surface area contributed by atoms with Gasteiger partial charge in [-0.1, -0.05) is 59.3 Å². The highest BCUT2D eigenvalue weighted by Gasteiger charge is 2.14. The Morgan fingerprint density at radius 2 is 1.72 bits per heavy atom. The molecule has 2 nitrogen and oxygen atoms in total. The van der Waals surface area contributed by atoms with E-state index in [0.29, 0.717) is 12.3 Å². The van der Waals surface area contributed by atoms with Crippen LogP contribution in [0, 0.1) is 5.92 Å². The van der Waals surface area contributed by atoms with Crippen LogP contribution in [0.4, 0.5) is 0 Å². The Labute approximate surface area is 113 Å². The van der Waals surface area contributed by atoms with Crippen molar-refractivity contribution in [3.8, 4) is 0 Å². The zero-order valence-corrected chi connectivity index (χ0v) is 12.8. The van der Waals surface area contributed by atoms with E-state index in [-0.39, 0.29) is 12.1 Å². The first-order chi connectivity index (χ1) is 8.63. The lowest BCUT2D eigenvalue weighted by Crippen LogP contribution is -2.18. The van der Waals surface area contributed by atoms with E-state index in [1.807, 2.05) is 6.92 Å². The molecule has 0 radical (unpaired) electrons. The fourth-order valence-corrected chi connectivity index (χ4v) is 2.30. The van der Waals surface area contributed by atoms with Crippen molar-refractivity contribution >= 4 is 5.97 Å². The van der Waals surface area contributed by atoms with E-state index in [4.69, 9.17) is 4.74 Å². The molecule has 0 N–H and O–H groups in total. The van der Waals surface area contributed by atoms with Crippen LogP contribution in [0.25, 0.3) is 0 Å². The molecule has 2 unspecified atom stereocenters. The number of rotatable bonds is 11. The fraction of sp³-hybridized carbons (Fsp3) is 0.938. The van der Waals surface area contributed by atoms with Crippen LogP contribution in [0.15, 0.2) is 0 Å². The minimum atomic E-state index is -0.0127. The van der Waals surface area contributed by atoms with Crippen molar-refractivity contribution in [1.82, 2.24) is 0 Å². The Hall–Kier alpha value is -0.530. The van der Waals surface area contributed by atoms with E-state index in [0.717, 1.165) is 25.7 Å². The monoisotopic (exact) mass is 256 g/mol. The third-order valence-corrected chi connectivity index (χ3v) is 3.53. The largest absolute Gasteiger partial charge is 0.463 e. The number of carbonyl (C=O) groups is 1. The Morgan fingerprint density at radius 3 is 2.28 bits per heavy atom.